The van der Waals surface area contributed by atoms with E-state index in [1.807, 2.05) is 36.4 Å². The first kappa shape index (κ1) is 21.1. The van der Waals surface area contributed by atoms with Gasteiger partial charge in [0, 0.05) is 6.92 Å². The molecule has 0 unspecified atom stereocenters. The number of rotatable bonds is 5. The van der Waals surface area contributed by atoms with Crippen LogP contribution in [-0.2, 0) is 32.3 Å². The topological polar surface area (TPSA) is 84.9 Å². The number of carbonyl (C=O) groups excluding carboxylic acids is 3. The van der Waals surface area contributed by atoms with Gasteiger partial charge >= 0.3 is 5.97 Å². The average Bonchev–Trinajstić information content (AvgIpc) is 3.06. The quantitative estimate of drug-likeness (QED) is 0.422. The van der Waals surface area contributed by atoms with Crippen LogP contribution in [0.3, 0.4) is 0 Å². The zero-order valence-electron chi connectivity index (χ0n) is 16.5. The van der Waals surface area contributed by atoms with E-state index >= 15 is 0 Å². The third kappa shape index (κ3) is 4.78. The molecule has 158 valence electrons. The number of amides is 2. The lowest BCUT2D eigenvalue weighted by atomic mass is 10.1. The molecule has 2 aliphatic heterocycles. The fraction of sp³-hybridized carbons (Fsp3) is 0.182. The number of fused-ring (bicyclic) bond motifs is 1. The molecule has 0 saturated carbocycles. The van der Waals surface area contributed by atoms with Crippen molar-refractivity contribution in [2.45, 2.75) is 20.1 Å². The molecule has 2 heterocycles. The molecule has 0 radical (unpaired) electrons. The highest BCUT2D eigenvalue weighted by atomic mass is 32.2. The Morgan fingerprint density at radius 2 is 2.03 bits per heavy atom. The Kier molecular flexibility index (Phi) is 6.06. The highest BCUT2D eigenvalue weighted by Gasteiger charge is 2.27. The number of esters is 1. The van der Waals surface area contributed by atoms with Gasteiger partial charge in [0.25, 0.3) is 11.8 Å². The van der Waals surface area contributed by atoms with Crippen molar-refractivity contribution in [2.24, 2.45) is 0 Å². The Bertz CT molecular complexity index is 1130. The Balaban J connectivity index is 1.65. The molecule has 1 saturated heterocycles. The molecule has 1 fully saturated rings. The van der Waals surface area contributed by atoms with Gasteiger partial charge in [-0.05, 0) is 34.9 Å². The maximum atomic E-state index is 12.7. The lowest BCUT2D eigenvalue weighted by Gasteiger charge is -2.30. The van der Waals surface area contributed by atoms with Gasteiger partial charge in [-0.2, -0.15) is 0 Å². The van der Waals surface area contributed by atoms with Crippen LogP contribution in [0.1, 0.15) is 23.6 Å². The smallest absolute Gasteiger partial charge is 0.302 e. The van der Waals surface area contributed by atoms with Crippen LogP contribution >= 0.6 is 24.0 Å². The van der Waals surface area contributed by atoms with E-state index in [9.17, 15) is 14.4 Å². The minimum atomic E-state index is -0.367. The van der Waals surface area contributed by atoms with Gasteiger partial charge in [-0.25, -0.2) is 0 Å². The number of benzene rings is 2. The Hall–Kier alpha value is -3.17. The molecule has 31 heavy (non-hydrogen) atoms. The average molecular weight is 455 g/mol. The Morgan fingerprint density at radius 1 is 1.26 bits per heavy atom. The molecule has 2 aromatic carbocycles. The molecule has 4 rings (SSSR count). The summed E-state index contributed by atoms with van der Waals surface area (Å²) in [5.41, 5.74) is 3.05. The molecule has 0 spiro atoms. The Labute approximate surface area is 188 Å². The van der Waals surface area contributed by atoms with Crippen molar-refractivity contribution >= 4 is 57.8 Å². The molecule has 0 aliphatic carbocycles. The van der Waals surface area contributed by atoms with Crippen LogP contribution in [0.25, 0.3) is 6.08 Å². The number of thioether (sulfide) groups is 1. The molecule has 0 aromatic heterocycles. The van der Waals surface area contributed by atoms with Crippen LogP contribution < -0.4 is 15.0 Å². The van der Waals surface area contributed by atoms with Crippen LogP contribution in [0.4, 0.5) is 5.69 Å². The lowest BCUT2D eigenvalue weighted by Crippen LogP contribution is -2.38. The Morgan fingerprint density at radius 3 is 2.74 bits per heavy atom. The van der Waals surface area contributed by atoms with E-state index in [1.54, 1.807) is 17.0 Å². The van der Waals surface area contributed by atoms with Gasteiger partial charge < -0.3 is 19.7 Å². The molecule has 9 heteroatoms. The number of hydrogen-bond acceptors (Lipinski definition) is 7. The molecule has 2 aliphatic rings. The van der Waals surface area contributed by atoms with E-state index in [0.29, 0.717) is 27.2 Å². The van der Waals surface area contributed by atoms with Crippen LogP contribution in [-0.4, -0.2) is 28.7 Å². The van der Waals surface area contributed by atoms with E-state index in [1.165, 1.54) is 18.7 Å². The zero-order valence-corrected chi connectivity index (χ0v) is 18.2. The van der Waals surface area contributed by atoms with Gasteiger partial charge in [0.2, 0.25) is 0 Å². The van der Waals surface area contributed by atoms with Gasteiger partial charge in [0.15, 0.2) is 6.61 Å². The molecule has 2 amide bonds. The van der Waals surface area contributed by atoms with Crippen LogP contribution in [0, 0.1) is 0 Å². The zero-order chi connectivity index (χ0) is 22.0. The first-order valence-electron chi connectivity index (χ1n) is 9.43. The number of nitrogens with zero attached hydrogens (tertiary/aromatic N) is 1. The van der Waals surface area contributed by atoms with Gasteiger partial charge in [0.1, 0.15) is 16.7 Å². The number of carbonyl (C=O) groups is 3. The molecular weight excluding hydrogens is 436 g/mol. The minimum absolute atomic E-state index is 0.0634. The van der Waals surface area contributed by atoms with E-state index in [0.717, 1.165) is 16.7 Å². The van der Waals surface area contributed by atoms with Gasteiger partial charge in [-0.1, -0.05) is 54.3 Å². The lowest BCUT2D eigenvalue weighted by molar-refractivity contribution is -0.142. The van der Waals surface area contributed by atoms with Gasteiger partial charge in [-0.3, -0.25) is 14.4 Å². The maximum Gasteiger partial charge on any atom is 0.302 e. The van der Waals surface area contributed by atoms with Crippen molar-refractivity contribution in [1.29, 1.82) is 0 Å². The molecule has 7 nitrogen and oxygen atoms in total. The van der Waals surface area contributed by atoms with Crippen molar-refractivity contribution in [3.8, 4) is 5.75 Å². The van der Waals surface area contributed by atoms with Crippen molar-refractivity contribution < 1.29 is 23.9 Å². The summed E-state index contributed by atoms with van der Waals surface area (Å²) in [5, 5.41) is 2.59. The summed E-state index contributed by atoms with van der Waals surface area (Å²) in [6.07, 6.45) is 1.73. The van der Waals surface area contributed by atoms with E-state index < -0.39 is 0 Å². The van der Waals surface area contributed by atoms with E-state index in [2.05, 4.69) is 5.32 Å². The van der Waals surface area contributed by atoms with E-state index in [-0.39, 0.29) is 31.0 Å². The van der Waals surface area contributed by atoms with Crippen molar-refractivity contribution in [3.63, 3.8) is 0 Å². The second-order valence-electron chi connectivity index (χ2n) is 6.90. The fourth-order valence-corrected chi connectivity index (χ4v) is 4.30. The number of hydrogen-bond donors (Lipinski definition) is 1. The third-order valence-corrected chi connectivity index (χ3v) is 5.91. The maximum absolute atomic E-state index is 12.7. The summed E-state index contributed by atoms with van der Waals surface area (Å²) < 4.78 is 11.1. The predicted molar refractivity (Wildman–Crippen MR) is 121 cm³/mol. The largest absolute Gasteiger partial charge is 0.482 e. The van der Waals surface area contributed by atoms with Crippen LogP contribution in [0.15, 0.2) is 47.4 Å². The minimum Gasteiger partial charge on any atom is -0.482 e. The monoisotopic (exact) mass is 454 g/mol. The van der Waals surface area contributed by atoms with Crippen molar-refractivity contribution in [2.75, 3.05) is 11.5 Å². The summed E-state index contributed by atoms with van der Waals surface area (Å²) in [6, 6.07) is 12.9. The predicted octanol–water partition coefficient (Wildman–Crippen LogP) is 3.16. The molecule has 1 N–H and O–H groups in total. The number of ether oxygens (including phenoxy) is 2. The number of anilines is 1. The molecule has 0 bridgehead atoms. The van der Waals surface area contributed by atoms with Gasteiger partial charge in [0.05, 0.1) is 17.1 Å². The highest BCUT2D eigenvalue weighted by molar-refractivity contribution is 8.26. The molecule has 2 aromatic rings. The second kappa shape index (κ2) is 8.91. The number of thiocarbonyl (C=S) groups is 1. The standard InChI is InChI=1S/C22H18N2O5S2/c1-13(25)28-11-16-5-3-2-4-15(16)10-24-17-8-14(6-7-18(17)29-12-20(24)26)9-19-21(27)23-22(30)31-19/h2-9H,10-12H2,1H3,(H,23,27,30). The van der Waals surface area contributed by atoms with Crippen LogP contribution in [0.2, 0.25) is 0 Å². The highest BCUT2D eigenvalue weighted by Crippen LogP contribution is 2.36. The van der Waals surface area contributed by atoms with E-state index in [4.69, 9.17) is 21.7 Å². The fourth-order valence-electron chi connectivity index (χ4n) is 3.26. The third-order valence-electron chi connectivity index (χ3n) is 4.74. The first-order valence-corrected chi connectivity index (χ1v) is 10.7. The summed E-state index contributed by atoms with van der Waals surface area (Å²) >= 11 is 6.23. The SMILES string of the molecule is CC(=O)OCc1ccccc1CN1C(=O)COc2ccc(C=C3SC(=S)NC3=O)cc21. The molecule has 0 atom stereocenters. The summed E-state index contributed by atoms with van der Waals surface area (Å²) in [5.74, 6) is -0.211. The van der Waals surface area contributed by atoms with Crippen molar-refractivity contribution in [1.82, 2.24) is 5.32 Å². The molecular formula is C22H18N2O5S2. The first-order chi connectivity index (χ1) is 14.9. The van der Waals surface area contributed by atoms with Crippen molar-refractivity contribution in [3.05, 3.63) is 64.1 Å². The summed E-state index contributed by atoms with van der Waals surface area (Å²) in [7, 11) is 0. The normalized spacial score (nSPS) is 16.7. The summed E-state index contributed by atoms with van der Waals surface area (Å²) in [6.45, 7) is 1.73. The van der Waals surface area contributed by atoms with Crippen LogP contribution in [0.5, 0.6) is 5.75 Å². The second-order valence-corrected chi connectivity index (χ2v) is 8.62. The van der Waals surface area contributed by atoms with Gasteiger partial charge in [-0.15, -0.1) is 0 Å². The number of nitrogens with one attached hydrogen (secondary N) is 1. The summed E-state index contributed by atoms with van der Waals surface area (Å²) in [4.78, 5) is 38.0.